The van der Waals surface area contributed by atoms with Crippen molar-refractivity contribution in [2.45, 2.75) is 38.7 Å². The predicted octanol–water partition coefficient (Wildman–Crippen LogP) is 3.45. The van der Waals surface area contributed by atoms with Gasteiger partial charge in [0.15, 0.2) is 0 Å². The van der Waals surface area contributed by atoms with Gasteiger partial charge in [0.05, 0.1) is 6.10 Å². The van der Waals surface area contributed by atoms with Gasteiger partial charge in [0, 0.05) is 24.7 Å². The van der Waals surface area contributed by atoms with Crippen LogP contribution in [0.3, 0.4) is 0 Å². The zero-order chi connectivity index (χ0) is 15.2. The Morgan fingerprint density at radius 1 is 1.38 bits per heavy atom. The van der Waals surface area contributed by atoms with Gasteiger partial charge in [0.25, 0.3) is 0 Å². The number of carbonyl (C=O) groups is 1. The smallest absolute Gasteiger partial charge is 0.222 e. The Bertz CT molecular complexity index is 591. The van der Waals surface area contributed by atoms with E-state index in [1.165, 1.54) is 15.6 Å². The Hall–Kier alpha value is -1.39. The van der Waals surface area contributed by atoms with Crippen molar-refractivity contribution in [1.82, 2.24) is 4.90 Å². The molecule has 2 aromatic rings. The Balaban J connectivity index is 1.80. The summed E-state index contributed by atoms with van der Waals surface area (Å²) in [6.45, 7) is 2.37. The van der Waals surface area contributed by atoms with Crippen LogP contribution in [-0.4, -0.2) is 35.6 Å². The Morgan fingerprint density at radius 3 is 2.90 bits per heavy atom. The van der Waals surface area contributed by atoms with Crippen molar-refractivity contribution < 1.29 is 9.90 Å². The number of thiophene rings is 1. The van der Waals surface area contributed by atoms with E-state index in [1.807, 2.05) is 7.05 Å². The number of rotatable bonds is 7. The number of aliphatic hydroxyl groups excluding tert-OH is 1. The maximum atomic E-state index is 12.0. The van der Waals surface area contributed by atoms with E-state index in [0.717, 1.165) is 12.8 Å². The number of nitrogens with zero attached hydrogens (tertiary/aromatic N) is 1. The molecule has 0 saturated carbocycles. The minimum Gasteiger partial charge on any atom is -0.393 e. The lowest BCUT2D eigenvalue weighted by atomic mass is 10.1. The van der Waals surface area contributed by atoms with E-state index >= 15 is 0 Å². The van der Waals surface area contributed by atoms with E-state index in [-0.39, 0.29) is 12.0 Å². The second-order valence-corrected chi connectivity index (χ2v) is 6.47. The van der Waals surface area contributed by atoms with E-state index in [9.17, 15) is 9.90 Å². The van der Waals surface area contributed by atoms with Crippen molar-refractivity contribution in [3.8, 4) is 0 Å². The molecule has 0 spiro atoms. The molecule has 114 valence electrons. The standard InChI is InChI=1S/C17H23NO2S/c1-13(19)10-11-18(2)17(20)9-5-6-14-12-21-16-8-4-3-7-15(14)16/h3-4,7-8,12-13,19H,5-6,9-11H2,1-2H3. The second-order valence-electron chi connectivity index (χ2n) is 5.56. The minimum absolute atomic E-state index is 0.162. The molecule has 1 unspecified atom stereocenters. The van der Waals surface area contributed by atoms with Crippen LogP contribution in [0.5, 0.6) is 0 Å². The quantitative estimate of drug-likeness (QED) is 0.851. The first kappa shape index (κ1) is 16.0. The lowest BCUT2D eigenvalue weighted by Crippen LogP contribution is -2.29. The van der Waals surface area contributed by atoms with Crippen LogP contribution in [0, 0.1) is 0 Å². The van der Waals surface area contributed by atoms with Crippen LogP contribution >= 0.6 is 11.3 Å². The molecule has 1 N–H and O–H groups in total. The third-order valence-corrected chi connectivity index (χ3v) is 4.72. The van der Waals surface area contributed by atoms with Crippen molar-refractivity contribution in [2.24, 2.45) is 0 Å². The van der Waals surface area contributed by atoms with Crippen LogP contribution in [0.25, 0.3) is 10.1 Å². The summed E-state index contributed by atoms with van der Waals surface area (Å²) in [5, 5.41) is 12.8. The minimum atomic E-state index is -0.350. The van der Waals surface area contributed by atoms with Gasteiger partial charge in [0.1, 0.15) is 0 Å². The molecule has 1 atom stereocenters. The van der Waals surface area contributed by atoms with Gasteiger partial charge in [0.2, 0.25) is 5.91 Å². The van der Waals surface area contributed by atoms with E-state index in [1.54, 1.807) is 23.2 Å². The molecule has 1 aromatic carbocycles. The fraction of sp³-hybridized carbons (Fsp3) is 0.471. The SMILES string of the molecule is CC(O)CCN(C)C(=O)CCCc1csc2ccccc12. The molecule has 0 aliphatic rings. The number of hydrogen-bond donors (Lipinski definition) is 1. The number of benzene rings is 1. The maximum Gasteiger partial charge on any atom is 0.222 e. The van der Waals surface area contributed by atoms with Crippen LogP contribution in [0.1, 0.15) is 31.7 Å². The molecule has 4 heteroatoms. The van der Waals surface area contributed by atoms with Gasteiger partial charge in [-0.3, -0.25) is 4.79 Å². The van der Waals surface area contributed by atoms with Crippen molar-refractivity contribution in [3.05, 3.63) is 35.2 Å². The highest BCUT2D eigenvalue weighted by atomic mass is 32.1. The van der Waals surface area contributed by atoms with Crippen LogP contribution in [0.15, 0.2) is 29.6 Å². The highest BCUT2D eigenvalue weighted by Crippen LogP contribution is 2.26. The van der Waals surface area contributed by atoms with Crippen molar-refractivity contribution in [3.63, 3.8) is 0 Å². The molecule has 0 radical (unpaired) electrons. The summed E-state index contributed by atoms with van der Waals surface area (Å²) in [5.74, 6) is 0.162. The lowest BCUT2D eigenvalue weighted by molar-refractivity contribution is -0.130. The average Bonchev–Trinajstić information content (AvgIpc) is 2.88. The fourth-order valence-electron chi connectivity index (χ4n) is 2.35. The molecular weight excluding hydrogens is 282 g/mol. The molecule has 21 heavy (non-hydrogen) atoms. The summed E-state index contributed by atoms with van der Waals surface area (Å²) in [7, 11) is 1.81. The first-order valence-electron chi connectivity index (χ1n) is 7.45. The van der Waals surface area contributed by atoms with Gasteiger partial charge >= 0.3 is 0 Å². The van der Waals surface area contributed by atoms with Crippen LogP contribution in [-0.2, 0) is 11.2 Å². The molecule has 0 bridgehead atoms. The summed E-state index contributed by atoms with van der Waals surface area (Å²) in [5.41, 5.74) is 1.34. The maximum absolute atomic E-state index is 12.0. The van der Waals surface area contributed by atoms with Gasteiger partial charge in [-0.25, -0.2) is 0 Å². The topological polar surface area (TPSA) is 40.5 Å². The molecule has 1 amide bonds. The zero-order valence-corrected chi connectivity index (χ0v) is 13.5. The molecular formula is C17H23NO2S. The first-order valence-corrected chi connectivity index (χ1v) is 8.33. The number of hydrogen-bond acceptors (Lipinski definition) is 3. The number of fused-ring (bicyclic) bond motifs is 1. The average molecular weight is 305 g/mol. The van der Waals surface area contributed by atoms with E-state index in [4.69, 9.17) is 0 Å². The third kappa shape index (κ3) is 4.55. The van der Waals surface area contributed by atoms with Gasteiger partial charge < -0.3 is 10.0 Å². The molecule has 0 fully saturated rings. The van der Waals surface area contributed by atoms with Crippen LogP contribution in [0.2, 0.25) is 0 Å². The monoisotopic (exact) mass is 305 g/mol. The molecule has 1 heterocycles. The van der Waals surface area contributed by atoms with Crippen molar-refractivity contribution in [1.29, 1.82) is 0 Å². The third-order valence-electron chi connectivity index (χ3n) is 3.71. The normalized spacial score (nSPS) is 12.5. The Morgan fingerprint density at radius 2 is 2.14 bits per heavy atom. The summed E-state index contributed by atoms with van der Waals surface area (Å²) >= 11 is 1.77. The van der Waals surface area contributed by atoms with Crippen molar-refractivity contribution >= 4 is 27.3 Å². The van der Waals surface area contributed by atoms with E-state index in [2.05, 4.69) is 29.6 Å². The van der Waals surface area contributed by atoms with E-state index in [0.29, 0.717) is 19.4 Å². The first-order chi connectivity index (χ1) is 10.1. The number of aryl methyl sites for hydroxylation is 1. The van der Waals surface area contributed by atoms with Crippen molar-refractivity contribution in [2.75, 3.05) is 13.6 Å². The second kappa shape index (κ2) is 7.57. The molecule has 0 saturated heterocycles. The lowest BCUT2D eigenvalue weighted by Gasteiger charge is -2.17. The summed E-state index contributed by atoms with van der Waals surface area (Å²) in [6, 6.07) is 8.41. The molecule has 2 rings (SSSR count). The predicted molar refractivity (Wildman–Crippen MR) is 88.7 cm³/mol. The Labute approximate surface area is 130 Å². The highest BCUT2D eigenvalue weighted by molar-refractivity contribution is 7.17. The van der Waals surface area contributed by atoms with Crippen LogP contribution in [0.4, 0.5) is 0 Å². The summed E-state index contributed by atoms with van der Waals surface area (Å²) in [4.78, 5) is 13.7. The molecule has 0 aliphatic heterocycles. The van der Waals surface area contributed by atoms with E-state index < -0.39 is 0 Å². The van der Waals surface area contributed by atoms with Gasteiger partial charge in [-0.1, -0.05) is 18.2 Å². The molecule has 1 aromatic heterocycles. The van der Waals surface area contributed by atoms with Crippen LogP contribution < -0.4 is 0 Å². The fourth-order valence-corrected chi connectivity index (χ4v) is 3.35. The summed E-state index contributed by atoms with van der Waals surface area (Å²) in [6.07, 6.45) is 2.67. The largest absolute Gasteiger partial charge is 0.393 e. The highest BCUT2D eigenvalue weighted by Gasteiger charge is 2.10. The summed E-state index contributed by atoms with van der Waals surface area (Å²) < 4.78 is 1.31. The molecule has 0 aliphatic carbocycles. The van der Waals surface area contributed by atoms with Gasteiger partial charge in [-0.05, 0) is 48.6 Å². The Kier molecular flexibility index (Phi) is 5.76. The zero-order valence-electron chi connectivity index (χ0n) is 12.7. The van der Waals surface area contributed by atoms with Gasteiger partial charge in [-0.15, -0.1) is 11.3 Å². The molecule has 3 nitrogen and oxygen atoms in total. The number of amides is 1. The number of aliphatic hydroxyl groups is 1. The number of carbonyl (C=O) groups excluding carboxylic acids is 1. The van der Waals surface area contributed by atoms with Gasteiger partial charge in [-0.2, -0.15) is 0 Å².